The zero-order valence-corrected chi connectivity index (χ0v) is 16.0. The third-order valence-corrected chi connectivity index (χ3v) is 6.69. The van der Waals surface area contributed by atoms with Gasteiger partial charge in [0.15, 0.2) is 0 Å². The van der Waals surface area contributed by atoms with Crippen molar-refractivity contribution in [2.45, 2.75) is 84.0 Å². The molecule has 1 nitrogen and oxygen atoms in total. The fraction of sp³-hybridized carbons (Fsp3) is 0.696. The molecule has 0 N–H and O–H groups in total. The first-order valence-corrected chi connectivity index (χ1v) is 10.5. The van der Waals surface area contributed by atoms with Gasteiger partial charge < -0.3 is 0 Å². The summed E-state index contributed by atoms with van der Waals surface area (Å²) in [5.74, 6) is 1.79. The molecule has 0 amide bonds. The van der Waals surface area contributed by atoms with Crippen LogP contribution in [0.5, 0.6) is 0 Å². The lowest BCUT2D eigenvalue weighted by Gasteiger charge is -2.35. The highest BCUT2D eigenvalue weighted by molar-refractivity contribution is 5.79. The third-order valence-electron chi connectivity index (χ3n) is 6.69. The highest BCUT2D eigenvalue weighted by Gasteiger charge is 2.30. The van der Waals surface area contributed by atoms with Crippen molar-refractivity contribution in [3.05, 3.63) is 34.9 Å². The minimum absolute atomic E-state index is 0.276. The van der Waals surface area contributed by atoms with Gasteiger partial charge in [-0.15, -0.1) is 0 Å². The smallest absolute Gasteiger partial charge is 0.132 e. The van der Waals surface area contributed by atoms with Gasteiger partial charge in [0.1, 0.15) is 17.4 Å². The van der Waals surface area contributed by atoms with Crippen LogP contribution in [0.2, 0.25) is 0 Å². The Morgan fingerprint density at radius 3 is 2.04 bits per heavy atom. The number of Topliss-reactive ketones (excluding diaryl/α,β-unsaturated/α-hetero) is 1. The van der Waals surface area contributed by atoms with Crippen LogP contribution in [-0.2, 0) is 17.6 Å². The van der Waals surface area contributed by atoms with Gasteiger partial charge in [-0.2, -0.15) is 0 Å². The number of benzene rings is 1. The van der Waals surface area contributed by atoms with E-state index >= 15 is 0 Å². The van der Waals surface area contributed by atoms with Crippen LogP contribution in [-0.4, -0.2) is 5.78 Å². The zero-order valence-electron chi connectivity index (χ0n) is 16.0. The third kappa shape index (κ3) is 4.92. The van der Waals surface area contributed by atoms with Crippen molar-refractivity contribution in [2.24, 2.45) is 17.8 Å². The van der Waals surface area contributed by atoms with Crippen LogP contribution in [0.3, 0.4) is 0 Å². The molecule has 2 aliphatic carbocycles. The van der Waals surface area contributed by atoms with Crippen molar-refractivity contribution >= 4 is 5.78 Å². The van der Waals surface area contributed by atoms with E-state index in [1.807, 2.05) is 6.92 Å². The summed E-state index contributed by atoms with van der Waals surface area (Å²) < 4.78 is 28.5. The SMILES string of the molecule is CCCc1cc(F)c(CC[C@H]2CC[C@H](C3CCC(=O)CC3)CC2)c(F)c1. The lowest BCUT2D eigenvalue weighted by atomic mass is 9.70. The second kappa shape index (κ2) is 9.10. The van der Waals surface area contributed by atoms with Crippen molar-refractivity contribution in [1.82, 2.24) is 0 Å². The highest BCUT2D eigenvalue weighted by Crippen LogP contribution is 2.40. The van der Waals surface area contributed by atoms with Crippen molar-refractivity contribution in [3.63, 3.8) is 0 Å². The van der Waals surface area contributed by atoms with Gasteiger partial charge in [0.2, 0.25) is 0 Å². The highest BCUT2D eigenvalue weighted by atomic mass is 19.1. The Morgan fingerprint density at radius 2 is 1.46 bits per heavy atom. The first kappa shape index (κ1) is 19.5. The fourth-order valence-corrected chi connectivity index (χ4v) is 5.06. The van der Waals surface area contributed by atoms with E-state index in [2.05, 4.69) is 0 Å². The molecule has 3 heteroatoms. The van der Waals surface area contributed by atoms with Crippen LogP contribution in [0.4, 0.5) is 8.78 Å². The van der Waals surface area contributed by atoms with Crippen LogP contribution in [0.25, 0.3) is 0 Å². The number of rotatable bonds is 6. The van der Waals surface area contributed by atoms with E-state index < -0.39 is 0 Å². The Morgan fingerprint density at radius 1 is 0.885 bits per heavy atom. The average Bonchev–Trinajstić information content (AvgIpc) is 2.62. The molecule has 3 rings (SSSR count). The fourth-order valence-electron chi connectivity index (χ4n) is 5.06. The topological polar surface area (TPSA) is 17.1 Å². The molecule has 0 bridgehead atoms. The minimum Gasteiger partial charge on any atom is -0.300 e. The van der Waals surface area contributed by atoms with Gasteiger partial charge in [0.25, 0.3) is 0 Å². The quantitative estimate of drug-likeness (QED) is 0.571. The second-order valence-corrected chi connectivity index (χ2v) is 8.48. The number of ketones is 1. The molecule has 2 fully saturated rings. The lowest BCUT2D eigenvalue weighted by molar-refractivity contribution is -0.121. The molecular weight excluding hydrogens is 330 g/mol. The molecule has 144 valence electrons. The summed E-state index contributed by atoms with van der Waals surface area (Å²) in [6.45, 7) is 2.02. The van der Waals surface area contributed by atoms with E-state index in [-0.39, 0.29) is 17.2 Å². The maximum absolute atomic E-state index is 14.3. The van der Waals surface area contributed by atoms with E-state index in [4.69, 9.17) is 0 Å². The Kier molecular flexibility index (Phi) is 6.83. The number of carbonyl (C=O) groups is 1. The molecule has 0 spiro atoms. The summed E-state index contributed by atoms with van der Waals surface area (Å²) in [5.41, 5.74) is 1.04. The van der Waals surface area contributed by atoms with Gasteiger partial charge in [-0.05, 0) is 80.4 Å². The zero-order chi connectivity index (χ0) is 18.5. The number of halogens is 2. The molecule has 0 aliphatic heterocycles. The summed E-state index contributed by atoms with van der Waals surface area (Å²) in [7, 11) is 0. The Bertz CT molecular complexity index is 584. The first-order valence-electron chi connectivity index (χ1n) is 10.5. The standard InChI is InChI=1S/C23H32F2O/c1-2-3-17-14-22(24)21(23(25)15-17)13-6-16-4-7-18(8-5-16)19-9-11-20(26)12-10-19/h14-16,18-19H,2-13H2,1H3/t16-,18-. The van der Waals surface area contributed by atoms with E-state index in [1.165, 1.54) is 37.8 Å². The summed E-state index contributed by atoms with van der Waals surface area (Å²) in [4.78, 5) is 11.4. The summed E-state index contributed by atoms with van der Waals surface area (Å²) in [5, 5.41) is 0. The summed E-state index contributed by atoms with van der Waals surface area (Å²) in [6, 6.07) is 3.03. The average molecular weight is 363 g/mol. The van der Waals surface area contributed by atoms with Crippen LogP contribution < -0.4 is 0 Å². The maximum atomic E-state index is 14.3. The summed E-state index contributed by atoms with van der Waals surface area (Å²) >= 11 is 0. The number of aryl methyl sites for hydroxylation is 1. The Balaban J connectivity index is 1.47. The lowest BCUT2D eigenvalue weighted by Crippen LogP contribution is -2.26. The number of carbonyl (C=O) groups excluding carboxylic acids is 1. The minimum atomic E-state index is -0.367. The largest absolute Gasteiger partial charge is 0.300 e. The van der Waals surface area contributed by atoms with Crippen molar-refractivity contribution < 1.29 is 13.6 Å². The molecule has 0 saturated heterocycles. The molecule has 0 aromatic heterocycles. The second-order valence-electron chi connectivity index (χ2n) is 8.48. The van der Waals surface area contributed by atoms with Crippen molar-refractivity contribution in [2.75, 3.05) is 0 Å². The van der Waals surface area contributed by atoms with E-state index in [9.17, 15) is 13.6 Å². The van der Waals surface area contributed by atoms with Gasteiger partial charge in [0, 0.05) is 18.4 Å². The van der Waals surface area contributed by atoms with Crippen LogP contribution in [0.15, 0.2) is 12.1 Å². The molecule has 0 atom stereocenters. The molecule has 1 aromatic carbocycles. The summed E-state index contributed by atoms with van der Waals surface area (Å²) in [6.07, 6.45) is 11.5. The van der Waals surface area contributed by atoms with Gasteiger partial charge in [0.05, 0.1) is 0 Å². The molecule has 2 saturated carbocycles. The van der Waals surface area contributed by atoms with Crippen molar-refractivity contribution in [3.8, 4) is 0 Å². The molecule has 0 heterocycles. The number of hydrogen-bond acceptors (Lipinski definition) is 1. The monoisotopic (exact) mass is 362 g/mol. The molecule has 1 aromatic rings. The molecule has 0 radical (unpaired) electrons. The van der Waals surface area contributed by atoms with Crippen LogP contribution in [0, 0.1) is 29.4 Å². The van der Waals surface area contributed by atoms with E-state index in [1.54, 1.807) is 0 Å². The Hall–Kier alpha value is -1.25. The predicted molar refractivity (Wildman–Crippen MR) is 101 cm³/mol. The predicted octanol–water partition coefficient (Wildman–Crippen LogP) is 6.42. The molecular formula is C23H32F2O. The van der Waals surface area contributed by atoms with E-state index in [0.29, 0.717) is 18.1 Å². The molecule has 0 unspecified atom stereocenters. The van der Waals surface area contributed by atoms with Gasteiger partial charge in [-0.1, -0.05) is 26.2 Å². The Labute approximate surface area is 156 Å². The molecule has 26 heavy (non-hydrogen) atoms. The number of hydrogen-bond donors (Lipinski definition) is 0. The van der Waals surface area contributed by atoms with Crippen LogP contribution >= 0.6 is 0 Å². The van der Waals surface area contributed by atoms with Crippen molar-refractivity contribution in [1.29, 1.82) is 0 Å². The van der Waals surface area contributed by atoms with Gasteiger partial charge in [-0.25, -0.2) is 8.78 Å². The molecule has 2 aliphatic rings. The first-order chi connectivity index (χ1) is 12.6. The maximum Gasteiger partial charge on any atom is 0.132 e. The van der Waals surface area contributed by atoms with Crippen LogP contribution in [0.1, 0.15) is 82.3 Å². The normalized spacial score (nSPS) is 24.8. The van der Waals surface area contributed by atoms with E-state index in [0.717, 1.165) is 62.3 Å². The van der Waals surface area contributed by atoms with Gasteiger partial charge >= 0.3 is 0 Å². The van der Waals surface area contributed by atoms with Gasteiger partial charge in [-0.3, -0.25) is 4.79 Å².